The van der Waals surface area contributed by atoms with Crippen molar-refractivity contribution in [2.75, 3.05) is 0 Å². The van der Waals surface area contributed by atoms with Gasteiger partial charge in [-0.25, -0.2) is 0 Å². The van der Waals surface area contributed by atoms with Crippen LogP contribution in [-0.2, 0) is 9.53 Å². The number of aromatic hydroxyl groups is 2. The fourth-order valence-corrected chi connectivity index (χ4v) is 3.67. The Morgan fingerprint density at radius 3 is 2.08 bits per heavy atom. The first-order valence-electron chi connectivity index (χ1n) is 8.52. The Kier molecular flexibility index (Phi) is 4.41. The third kappa shape index (κ3) is 2.84. The molecular formula is C19H22O6. The van der Waals surface area contributed by atoms with Crippen molar-refractivity contribution >= 4 is 17.3 Å². The second kappa shape index (κ2) is 6.26. The molecule has 1 aromatic rings. The highest BCUT2D eigenvalue weighted by Crippen LogP contribution is 2.45. The Bertz CT molecular complexity index is 751. The summed E-state index contributed by atoms with van der Waals surface area (Å²) < 4.78 is 5.96. The number of hydrogen-bond donors (Lipinski definition) is 2. The molecule has 2 aliphatic rings. The summed E-state index contributed by atoms with van der Waals surface area (Å²) in [5, 5.41) is 20.1. The van der Waals surface area contributed by atoms with Gasteiger partial charge in [-0.05, 0) is 25.0 Å². The van der Waals surface area contributed by atoms with Crippen LogP contribution in [0.5, 0.6) is 11.5 Å². The van der Waals surface area contributed by atoms with Gasteiger partial charge < -0.3 is 14.9 Å². The van der Waals surface area contributed by atoms with Crippen molar-refractivity contribution in [2.24, 2.45) is 17.8 Å². The van der Waals surface area contributed by atoms with Crippen molar-refractivity contribution in [3.05, 3.63) is 23.3 Å². The van der Waals surface area contributed by atoms with Gasteiger partial charge in [0.25, 0.3) is 0 Å². The Morgan fingerprint density at radius 2 is 1.52 bits per heavy atom. The van der Waals surface area contributed by atoms with E-state index in [2.05, 4.69) is 0 Å². The minimum Gasteiger partial charge on any atom is -0.507 e. The number of fused-ring (bicyclic) bond motifs is 2. The number of carbonyl (C=O) groups excluding carboxylic acids is 3. The van der Waals surface area contributed by atoms with Crippen LogP contribution in [0, 0.1) is 17.8 Å². The van der Waals surface area contributed by atoms with Gasteiger partial charge in [0, 0.05) is 18.8 Å². The van der Waals surface area contributed by atoms with Crippen LogP contribution in [0.2, 0.25) is 0 Å². The maximum Gasteiger partial charge on any atom is 0.173 e. The first-order valence-corrected chi connectivity index (χ1v) is 8.52. The molecule has 4 atom stereocenters. The zero-order chi connectivity index (χ0) is 18.5. The number of benzene rings is 1. The van der Waals surface area contributed by atoms with Crippen LogP contribution in [0.1, 0.15) is 54.3 Å². The van der Waals surface area contributed by atoms with Gasteiger partial charge >= 0.3 is 0 Å². The predicted octanol–water partition coefficient (Wildman–Crippen LogP) is 2.50. The monoisotopic (exact) mass is 346 g/mol. The van der Waals surface area contributed by atoms with Gasteiger partial charge in [-0.15, -0.1) is 0 Å². The van der Waals surface area contributed by atoms with E-state index in [4.69, 9.17) is 4.74 Å². The van der Waals surface area contributed by atoms with E-state index in [1.165, 1.54) is 12.1 Å². The molecule has 25 heavy (non-hydrogen) atoms. The van der Waals surface area contributed by atoms with E-state index in [0.29, 0.717) is 0 Å². The van der Waals surface area contributed by atoms with Crippen molar-refractivity contribution in [2.45, 2.75) is 45.8 Å². The summed E-state index contributed by atoms with van der Waals surface area (Å²) >= 11 is 0. The smallest absolute Gasteiger partial charge is 0.173 e. The largest absolute Gasteiger partial charge is 0.507 e. The molecule has 0 aromatic heterocycles. The molecule has 0 aliphatic heterocycles. The number of phenolic OH excluding ortho intramolecular Hbond substituents is 2. The van der Waals surface area contributed by atoms with Gasteiger partial charge in [0.2, 0.25) is 0 Å². The number of hydrogen-bond acceptors (Lipinski definition) is 6. The van der Waals surface area contributed by atoms with Gasteiger partial charge in [-0.2, -0.15) is 0 Å². The molecular weight excluding hydrogens is 324 g/mol. The van der Waals surface area contributed by atoms with E-state index in [1.54, 1.807) is 0 Å². The topological polar surface area (TPSA) is 101 Å². The molecule has 0 unspecified atom stereocenters. The molecule has 0 radical (unpaired) electrons. The first-order chi connectivity index (χ1) is 11.7. The number of phenols is 2. The number of rotatable bonds is 3. The Balaban J connectivity index is 2.07. The third-order valence-electron chi connectivity index (χ3n) is 5.33. The van der Waals surface area contributed by atoms with E-state index in [1.807, 2.05) is 20.8 Å². The maximum absolute atomic E-state index is 13.0. The molecule has 0 spiro atoms. The summed E-state index contributed by atoms with van der Waals surface area (Å²) in [5.74, 6) is -3.22. The molecule has 3 rings (SSSR count). The van der Waals surface area contributed by atoms with Gasteiger partial charge in [0.05, 0.1) is 29.3 Å². The van der Waals surface area contributed by atoms with Crippen LogP contribution < -0.4 is 0 Å². The van der Waals surface area contributed by atoms with Gasteiger partial charge in [-0.1, -0.05) is 13.8 Å². The quantitative estimate of drug-likeness (QED) is 0.816. The Hall–Kier alpha value is -2.21. The molecule has 0 saturated heterocycles. The molecule has 1 saturated carbocycles. The van der Waals surface area contributed by atoms with Crippen molar-refractivity contribution in [3.63, 3.8) is 0 Å². The SMILES string of the molecule is CC(C)[C@H](C)O[C@@H]1CC(=O)C[C@H]2C(=O)c3c(O)ccc(O)c3C(=O)[C@@H]12. The first kappa shape index (κ1) is 17.6. The van der Waals surface area contributed by atoms with Crippen molar-refractivity contribution in [1.82, 2.24) is 0 Å². The van der Waals surface area contributed by atoms with Crippen molar-refractivity contribution < 1.29 is 29.3 Å². The normalized spacial score (nSPS) is 27.2. The second-order valence-electron chi connectivity index (χ2n) is 7.29. The molecule has 0 amide bonds. The summed E-state index contributed by atoms with van der Waals surface area (Å²) in [6, 6.07) is 2.37. The van der Waals surface area contributed by atoms with Gasteiger partial charge in [0.1, 0.15) is 17.3 Å². The highest BCUT2D eigenvalue weighted by atomic mass is 16.5. The lowest BCUT2D eigenvalue weighted by molar-refractivity contribution is -0.132. The fourth-order valence-electron chi connectivity index (χ4n) is 3.67. The molecule has 134 valence electrons. The van der Waals surface area contributed by atoms with Gasteiger partial charge in [0.15, 0.2) is 11.6 Å². The van der Waals surface area contributed by atoms with E-state index in [0.717, 1.165) is 0 Å². The standard InChI is InChI=1S/C19H22O6/c1-8(2)9(3)25-14-7-10(20)6-11-15(14)19(24)17-13(22)5-4-12(21)16(17)18(11)23/h4-5,8-9,11,14-15,21-22H,6-7H2,1-3H3/t9-,11+,14+,15+/m0/s1. The zero-order valence-corrected chi connectivity index (χ0v) is 14.5. The summed E-state index contributed by atoms with van der Waals surface area (Å²) in [6.07, 6.45) is -0.847. The summed E-state index contributed by atoms with van der Waals surface area (Å²) in [4.78, 5) is 38.0. The predicted molar refractivity (Wildman–Crippen MR) is 88.8 cm³/mol. The molecule has 2 N–H and O–H groups in total. The van der Waals surface area contributed by atoms with Crippen LogP contribution in [-0.4, -0.2) is 39.8 Å². The number of Topliss-reactive ketones (excluding diaryl/α,β-unsaturated/α-hetero) is 3. The molecule has 1 aromatic carbocycles. The van der Waals surface area contributed by atoms with Crippen LogP contribution in [0.3, 0.4) is 0 Å². The van der Waals surface area contributed by atoms with E-state index in [9.17, 15) is 24.6 Å². The lowest BCUT2D eigenvalue weighted by Crippen LogP contribution is -2.50. The third-order valence-corrected chi connectivity index (χ3v) is 5.33. The van der Waals surface area contributed by atoms with E-state index in [-0.39, 0.29) is 53.3 Å². The van der Waals surface area contributed by atoms with Crippen molar-refractivity contribution in [3.8, 4) is 11.5 Å². The van der Waals surface area contributed by atoms with Gasteiger partial charge in [-0.3, -0.25) is 14.4 Å². The van der Waals surface area contributed by atoms with Crippen LogP contribution in [0.25, 0.3) is 0 Å². The second-order valence-corrected chi connectivity index (χ2v) is 7.29. The van der Waals surface area contributed by atoms with Crippen LogP contribution in [0.4, 0.5) is 0 Å². The molecule has 1 fully saturated rings. The zero-order valence-electron chi connectivity index (χ0n) is 14.5. The highest BCUT2D eigenvalue weighted by Gasteiger charge is 2.51. The molecule has 6 nitrogen and oxygen atoms in total. The minimum absolute atomic E-state index is 0.0420. The number of carbonyl (C=O) groups is 3. The maximum atomic E-state index is 13.0. The van der Waals surface area contributed by atoms with Crippen LogP contribution >= 0.6 is 0 Å². The Labute approximate surface area is 145 Å². The molecule has 2 aliphatic carbocycles. The molecule has 0 bridgehead atoms. The Morgan fingerprint density at radius 1 is 0.960 bits per heavy atom. The van der Waals surface area contributed by atoms with Crippen LogP contribution in [0.15, 0.2) is 12.1 Å². The molecule has 0 heterocycles. The fraction of sp³-hybridized carbons (Fsp3) is 0.526. The average molecular weight is 346 g/mol. The molecule has 6 heteroatoms. The minimum atomic E-state index is -0.849. The summed E-state index contributed by atoms with van der Waals surface area (Å²) in [6.45, 7) is 5.81. The highest BCUT2D eigenvalue weighted by molar-refractivity contribution is 6.20. The lowest BCUT2D eigenvalue weighted by Gasteiger charge is -2.40. The number of ketones is 3. The lowest BCUT2D eigenvalue weighted by atomic mass is 9.65. The van der Waals surface area contributed by atoms with E-state index < -0.39 is 29.5 Å². The average Bonchev–Trinajstić information content (AvgIpc) is 2.54. The summed E-state index contributed by atoms with van der Waals surface area (Å²) in [7, 11) is 0. The number of ether oxygens (including phenoxy) is 1. The summed E-state index contributed by atoms with van der Waals surface area (Å²) in [5.41, 5.74) is -0.344. The van der Waals surface area contributed by atoms with E-state index >= 15 is 0 Å². The van der Waals surface area contributed by atoms with Crippen molar-refractivity contribution in [1.29, 1.82) is 0 Å².